The number of hydrogen-bond acceptors (Lipinski definition) is 6. The van der Waals surface area contributed by atoms with Crippen LogP contribution in [0.15, 0.2) is 29.2 Å². The number of amides is 2. The molecule has 0 saturated carbocycles. The molecule has 2 N–H and O–H groups in total. The number of urea groups is 1. The van der Waals surface area contributed by atoms with Gasteiger partial charge < -0.3 is 4.74 Å². The summed E-state index contributed by atoms with van der Waals surface area (Å²) in [4.78, 5) is 18.7. The second-order valence-electron chi connectivity index (χ2n) is 5.86. The second-order valence-corrected chi connectivity index (χ2v) is 7.51. The molecule has 0 radical (unpaired) electrons. The molecule has 0 atom stereocenters. The Morgan fingerprint density at radius 3 is 2.32 bits per heavy atom. The zero-order valence-electron chi connectivity index (χ0n) is 14.3. The molecule has 0 fully saturated rings. The van der Waals surface area contributed by atoms with Gasteiger partial charge in [-0.25, -0.2) is 27.9 Å². The molecule has 13 heteroatoms. The molecule has 150 valence electrons. The van der Waals surface area contributed by atoms with E-state index >= 15 is 0 Å². The summed E-state index contributed by atoms with van der Waals surface area (Å²) in [5.74, 6) is -6.18. The average Bonchev–Trinajstić information content (AvgIpc) is 2.70. The third-order valence-corrected chi connectivity index (χ3v) is 4.99. The molecule has 1 aromatic carbocycles. The largest absolute Gasteiger partial charge is 0.469 e. The van der Waals surface area contributed by atoms with Crippen LogP contribution in [0.1, 0.15) is 17.0 Å². The number of para-hydroxylation sites is 1. The molecule has 0 unspecified atom stereocenters. The van der Waals surface area contributed by atoms with Crippen molar-refractivity contribution < 1.29 is 35.5 Å². The summed E-state index contributed by atoms with van der Waals surface area (Å²) >= 11 is 0. The number of aryl methyl sites for hydroxylation is 2. The van der Waals surface area contributed by atoms with Crippen molar-refractivity contribution in [3.63, 3.8) is 0 Å². The number of anilines is 1. The van der Waals surface area contributed by atoms with Crippen LogP contribution in [0, 0.1) is 13.8 Å². The average molecular weight is 420 g/mol. The van der Waals surface area contributed by atoms with Crippen LogP contribution in [0.2, 0.25) is 0 Å². The van der Waals surface area contributed by atoms with Gasteiger partial charge in [-0.1, -0.05) is 6.07 Å². The smallest absolute Gasteiger partial charge is 0.426 e. The van der Waals surface area contributed by atoms with Crippen molar-refractivity contribution in [2.24, 2.45) is 0 Å². The first-order chi connectivity index (χ1) is 12.8. The van der Waals surface area contributed by atoms with Crippen molar-refractivity contribution in [2.45, 2.75) is 30.8 Å². The molecule has 0 spiro atoms. The third-order valence-electron chi connectivity index (χ3n) is 3.64. The standard InChI is InChI=1S/C15H12F4N4O4S/c1-7-6-8(2)21-12(20-7)22-13(24)23-28(25,26)10-5-3-4-9-11(10)27-15(18,19)14(9,16)17/h3-6H,1-2H3,(H2,20,21,22,23,24). The Morgan fingerprint density at radius 1 is 1.11 bits per heavy atom. The quantitative estimate of drug-likeness (QED) is 0.739. The van der Waals surface area contributed by atoms with E-state index in [1.54, 1.807) is 19.9 Å². The SMILES string of the molecule is Cc1cc(C)nc(NC(=O)NS(=O)(=O)c2cccc3c2OC(F)(F)C3(F)F)n1. The van der Waals surface area contributed by atoms with E-state index in [1.165, 1.54) is 4.72 Å². The molecule has 0 saturated heterocycles. The molecule has 0 aliphatic carbocycles. The maximum atomic E-state index is 13.7. The van der Waals surface area contributed by atoms with Gasteiger partial charge in [0.15, 0.2) is 5.75 Å². The van der Waals surface area contributed by atoms with E-state index in [0.717, 1.165) is 12.1 Å². The zero-order valence-corrected chi connectivity index (χ0v) is 15.1. The summed E-state index contributed by atoms with van der Waals surface area (Å²) in [7, 11) is -4.83. The first-order valence-corrected chi connectivity index (χ1v) is 9.06. The highest BCUT2D eigenvalue weighted by Gasteiger charge is 2.67. The van der Waals surface area contributed by atoms with Gasteiger partial charge in [-0.05, 0) is 32.0 Å². The lowest BCUT2D eigenvalue weighted by atomic mass is 10.1. The molecule has 2 amide bonds. The third kappa shape index (κ3) is 3.32. The lowest BCUT2D eigenvalue weighted by molar-refractivity contribution is -0.296. The maximum Gasteiger partial charge on any atom is 0.469 e. The topological polar surface area (TPSA) is 110 Å². The number of alkyl halides is 4. The second kappa shape index (κ2) is 6.29. The van der Waals surface area contributed by atoms with E-state index in [1.807, 2.05) is 0 Å². The number of benzene rings is 1. The Morgan fingerprint density at radius 2 is 1.71 bits per heavy atom. The number of nitrogens with one attached hydrogen (secondary N) is 2. The Kier molecular flexibility index (Phi) is 4.45. The molecule has 1 aliphatic rings. The fraction of sp³-hybridized carbons (Fsp3) is 0.267. The Bertz CT molecular complexity index is 1060. The van der Waals surface area contributed by atoms with Gasteiger partial charge in [0, 0.05) is 11.4 Å². The van der Waals surface area contributed by atoms with Gasteiger partial charge in [-0.15, -0.1) is 0 Å². The van der Waals surface area contributed by atoms with Gasteiger partial charge in [0.1, 0.15) is 4.90 Å². The van der Waals surface area contributed by atoms with Crippen LogP contribution in [-0.4, -0.2) is 30.5 Å². The van der Waals surface area contributed by atoms with E-state index in [9.17, 15) is 30.8 Å². The monoisotopic (exact) mass is 420 g/mol. The Balaban J connectivity index is 1.89. The van der Waals surface area contributed by atoms with Crippen LogP contribution in [0.5, 0.6) is 5.75 Å². The van der Waals surface area contributed by atoms with Gasteiger partial charge in [-0.3, -0.25) is 5.32 Å². The van der Waals surface area contributed by atoms with Gasteiger partial charge in [0.25, 0.3) is 10.0 Å². The highest BCUT2D eigenvalue weighted by atomic mass is 32.2. The fourth-order valence-electron chi connectivity index (χ4n) is 2.51. The minimum Gasteiger partial charge on any atom is -0.426 e. The number of aromatic nitrogens is 2. The molecular weight excluding hydrogens is 408 g/mol. The first kappa shape index (κ1) is 19.8. The van der Waals surface area contributed by atoms with Gasteiger partial charge >= 0.3 is 18.1 Å². The van der Waals surface area contributed by atoms with Crippen LogP contribution in [-0.2, 0) is 15.9 Å². The highest BCUT2D eigenvalue weighted by molar-refractivity contribution is 7.90. The van der Waals surface area contributed by atoms with E-state index in [-0.39, 0.29) is 5.95 Å². The zero-order chi connectivity index (χ0) is 20.9. The fourth-order valence-corrected chi connectivity index (χ4v) is 3.57. The summed E-state index contributed by atoms with van der Waals surface area (Å²) in [6.07, 6.45) is -4.93. The number of fused-ring (bicyclic) bond motifs is 1. The van der Waals surface area contributed by atoms with Crippen LogP contribution in [0.4, 0.5) is 28.3 Å². The van der Waals surface area contributed by atoms with Crippen LogP contribution in [0.3, 0.4) is 0 Å². The van der Waals surface area contributed by atoms with Crippen molar-refractivity contribution in [3.05, 3.63) is 41.2 Å². The maximum absolute atomic E-state index is 13.7. The number of rotatable bonds is 3. The Hall–Kier alpha value is -2.96. The number of carbonyl (C=O) groups is 1. The number of sulfonamides is 1. The molecule has 2 heterocycles. The van der Waals surface area contributed by atoms with E-state index < -0.39 is 44.3 Å². The van der Waals surface area contributed by atoms with Crippen molar-refractivity contribution in [1.29, 1.82) is 0 Å². The molecule has 28 heavy (non-hydrogen) atoms. The van der Waals surface area contributed by atoms with Crippen molar-refractivity contribution in [2.75, 3.05) is 5.32 Å². The molecule has 3 rings (SSSR count). The van der Waals surface area contributed by atoms with Crippen molar-refractivity contribution in [3.8, 4) is 5.75 Å². The predicted octanol–water partition coefficient (Wildman–Crippen LogP) is 2.68. The van der Waals surface area contributed by atoms with E-state index in [0.29, 0.717) is 17.5 Å². The van der Waals surface area contributed by atoms with Crippen molar-refractivity contribution in [1.82, 2.24) is 14.7 Å². The Labute approximate surface area is 156 Å². The lowest BCUT2D eigenvalue weighted by Crippen LogP contribution is -2.37. The number of hydrogen-bond donors (Lipinski definition) is 2. The van der Waals surface area contributed by atoms with Crippen LogP contribution in [0.25, 0.3) is 0 Å². The molecule has 8 nitrogen and oxygen atoms in total. The summed E-state index contributed by atoms with van der Waals surface area (Å²) in [5, 5.41) is 2.06. The minimum atomic E-state index is -4.93. The number of ether oxygens (including phenoxy) is 1. The summed E-state index contributed by atoms with van der Waals surface area (Å²) in [5.41, 5.74) is -0.327. The summed E-state index contributed by atoms with van der Waals surface area (Å²) in [6, 6.07) is 2.47. The predicted molar refractivity (Wildman–Crippen MR) is 86.8 cm³/mol. The van der Waals surface area contributed by atoms with Gasteiger partial charge in [0.05, 0.1) is 5.56 Å². The van der Waals surface area contributed by atoms with Crippen LogP contribution < -0.4 is 14.8 Å². The summed E-state index contributed by atoms with van der Waals surface area (Å²) < 4.78 is 84.4. The minimum absolute atomic E-state index is 0.210. The normalized spacial score (nSPS) is 16.8. The molecule has 2 aromatic rings. The van der Waals surface area contributed by atoms with Crippen molar-refractivity contribution >= 4 is 22.0 Å². The lowest BCUT2D eigenvalue weighted by Gasteiger charge is -2.16. The van der Waals surface area contributed by atoms with Gasteiger partial charge in [0.2, 0.25) is 5.95 Å². The molecule has 1 aromatic heterocycles. The van der Waals surface area contributed by atoms with Gasteiger partial charge in [-0.2, -0.15) is 17.6 Å². The number of nitrogens with zero attached hydrogens (tertiary/aromatic N) is 2. The first-order valence-electron chi connectivity index (χ1n) is 7.58. The molecule has 1 aliphatic heterocycles. The number of halogens is 4. The van der Waals surface area contributed by atoms with E-state index in [4.69, 9.17) is 0 Å². The van der Waals surface area contributed by atoms with E-state index in [2.05, 4.69) is 20.0 Å². The van der Waals surface area contributed by atoms with Crippen LogP contribution >= 0.6 is 0 Å². The highest BCUT2D eigenvalue weighted by Crippen LogP contribution is 2.54. The molecule has 0 bridgehead atoms. The number of carbonyl (C=O) groups excluding carboxylic acids is 1. The molecular formula is C15H12F4N4O4S. The summed E-state index contributed by atoms with van der Waals surface area (Å²) in [6.45, 7) is 3.22.